The maximum atomic E-state index is 12.9. The molecule has 0 N–H and O–H groups in total. The van der Waals surface area contributed by atoms with Crippen LogP contribution in [0.15, 0.2) is 0 Å². The van der Waals surface area contributed by atoms with Crippen LogP contribution in [0.3, 0.4) is 0 Å². The summed E-state index contributed by atoms with van der Waals surface area (Å²) in [7, 11) is -3.90. The number of carbonyl (C=O) groups excluding carboxylic acids is 3. The number of hydrogen-bond acceptors (Lipinski definition) is 8. The Morgan fingerprint density at radius 1 is 0.895 bits per heavy atom. The first-order valence-electron chi connectivity index (χ1n) is 13.1. The van der Waals surface area contributed by atoms with Gasteiger partial charge in [-0.2, -0.15) is 18.4 Å². The SMILES string of the molecule is CCOC(=O)C(C)(CC)CCC(CCCC(C)(C)C(=O)OCCO[Si](C)(C)C(F)(F)F)C(=O)OCCC#N. The second-order valence-corrected chi connectivity index (χ2v) is 14.6. The summed E-state index contributed by atoms with van der Waals surface area (Å²) in [5, 5.41) is 8.71. The Morgan fingerprint density at radius 3 is 2.05 bits per heavy atom. The smallest absolute Gasteiger partial charge is 0.388 e. The summed E-state index contributed by atoms with van der Waals surface area (Å²) in [6.07, 6.45) is 2.60. The molecule has 38 heavy (non-hydrogen) atoms. The average Bonchev–Trinajstić information content (AvgIpc) is 2.82. The molecule has 220 valence electrons. The minimum atomic E-state index is -4.41. The molecule has 0 aromatic heterocycles. The summed E-state index contributed by atoms with van der Waals surface area (Å²) in [6, 6.07) is 1.92. The zero-order valence-electron chi connectivity index (χ0n) is 23.8. The summed E-state index contributed by atoms with van der Waals surface area (Å²) in [5.74, 6) is -6.30. The van der Waals surface area contributed by atoms with Crippen molar-refractivity contribution >= 4 is 26.2 Å². The van der Waals surface area contributed by atoms with Gasteiger partial charge >= 0.3 is 32.0 Å². The van der Waals surface area contributed by atoms with Gasteiger partial charge in [0, 0.05) is 0 Å². The van der Waals surface area contributed by atoms with Crippen LogP contribution in [-0.4, -0.2) is 58.5 Å². The summed E-state index contributed by atoms with van der Waals surface area (Å²) < 4.78 is 59.3. The molecule has 2 atom stereocenters. The Balaban J connectivity index is 5.02. The highest BCUT2D eigenvalue weighted by atomic mass is 28.4. The Morgan fingerprint density at radius 2 is 1.53 bits per heavy atom. The molecule has 0 bridgehead atoms. The molecule has 0 aliphatic heterocycles. The third kappa shape index (κ3) is 12.2. The van der Waals surface area contributed by atoms with Crippen LogP contribution in [0.5, 0.6) is 0 Å². The predicted molar refractivity (Wildman–Crippen MR) is 137 cm³/mol. The lowest BCUT2D eigenvalue weighted by atomic mass is 9.79. The standard InChI is InChI=1S/C26H44F3NO7Si/c1-8-25(5,23(33)34-9-2)15-13-20(21(31)35-17-11-16-30)12-10-14-24(3,4)22(32)36-18-19-37-38(6,7)26(27,28)29/h20H,8-15,17-19H2,1-7H3. The molecule has 0 aromatic carbocycles. The molecule has 2 unspecified atom stereocenters. The number of ether oxygens (including phenoxy) is 3. The molecule has 0 saturated heterocycles. The first kappa shape index (κ1) is 35.9. The second kappa shape index (κ2) is 16.1. The van der Waals surface area contributed by atoms with Gasteiger partial charge in [-0.1, -0.05) is 13.3 Å². The summed E-state index contributed by atoms with van der Waals surface area (Å²) in [5.41, 5.74) is -1.69. The van der Waals surface area contributed by atoms with Crippen molar-refractivity contribution in [2.45, 2.75) is 98.5 Å². The van der Waals surface area contributed by atoms with E-state index in [1.54, 1.807) is 27.7 Å². The topological polar surface area (TPSA) is 112 Å². The first-order valence-corrected chi connectivity index (χ1v) is 16.0. The van der Waals surface area contributed by atoms with Crippen molar-refractivity contribution in [2.24, 2.45) is 16.7 Å². The van der Waals surface area contributed by atoms with Gasteiger partial charge in [0.1, 0.15) is 13.2 Å². The number of nitrogens with zero attached hydrogens (tertiary/aromatic N) is 1. The molecule has 0 spiro atoms. The summed E-state index contributed by atoms with van der Waals surface area (Å²) in [4.78, 5) is 37.7. The number of rotatable bonds is 18. The number of carbonyl (C=O) groups is 3. The Bertz CT molecular complexity index is 812. The highest BCUT2D eigenvalue weighted by Crippen LogP contribution is 2.34. The molecule has 0 saturated carbocycles. The van der Waals surface area contributed by atoms with Gasteiger partial charge in [0.25, 0.3) is 0 Å². The van der Waals surface area contributed by atoms with Crippen LogP contribution in [0, 0.1) is 28.1 Å². The molecule has 0 fully saturated rings. The maximum Gasteiger partial charge on any atom is 0.388 e. The van der Waals surface area contributed by atoms with Crippen LogP contribution >= 0.6 is 0 Å². The second-order valence-electron chi connectivity index (χ2n) is 10.7. The van der Waals surface area contributed by atoms with E-state index in [4.69, 9.17) is 23.9 Å². The van der Waals surface area contributed by atoms with E-state index >= 15 is 0 Å². The van der Waals surface area contributed by atoms with Crippen LogP contribution in [-0.2, 0) is 33.0 Å². The Kier molecular flexibility index (Phi) is 15.2. The molecular weight excluding hydrogens is 523 g/mol. The number of halogens is 3. The lowest BCUT2D eigenvalue weighted by Gasteiger charge is -2.28. The van der Waals surface area contributed by atoms with Gasteiger partial charge in [-0.05, 0) is 72.9 Å². The molecule has 0 amide bonds. The Labute approximate surface area is 225 Å². The van der Waals surface area contributed by atoms with Crippen molar-refractivity contribution in [1.82, 2.24) is 0 Å². The fourth-order valence-corrected chi connectivity index (χ4v) is 4.27. The number of esters is 3. The number of alkyl halides is 3. The van der Waals surface area contributed by atoms with E-state index in [9.17, 15) is 27.6 Å². The fourth-order valence-electron chi connectivity index (χ4n) is 3.52. The Hall–Kier alpha value is -2.13. The van der Waals surface area contributed by atoms with Crippen LogP contribution in [0.1, 0.15) is 79.6 Å². The minimum Gasteiger partial charge on any atom is -0.466 e. The predicted octanol–water partition coefficient (Wildman–Crippen LogP) is 5.88. The summed E-state index contributed by atoms with van der Waals surface area (Å²) in [6.45, 7) is 10.4. The first-order chi connectivity index (χ1) is 17.5. The van der Waals surface area contributed by atoms with Crippen LogP contribution in [0.2, 0.25) is 13.1 Å². The highest BCUT2D eigenvalue weighted by molar-refractivity contribution is 6.73. The number of nitriles is 1. The van der Waals surface area contributed by atoms with Crippen molar-refractivity contribution in [1.29, 1.82) is 5.26 Å². The van der Waals surface area contributed by atoms with Gasteiger partial charge in [0.2, 0.25) is 0 Å². The fraction of sp³-hybridized carbons (Fsp3) is 0.846. The van der Waals surface area contributed by atoms with E-state index in [1.807, 2.05) is 13.0 Å². The van der Waals surface area contributed by atoms with Gasteiger partial charge in [-0.25, -0.2) is 0 Å². The van der Waals surface area contributed by atoms with Crippen LogP contribution in [0.4, 0.5) is 13.2 Å². The molecule has 0 rings (SSSR count). The molecule has 0 aliphatic carbocycles. The molecule has 0 aromatic rings. The molecule has 0 heterocycles. The van der Waals surface area contributed by atoms with Gasteiger partial charge < -0.3 is 18.6 Å². The lowest BCUT2D eigenvalue weighted by molar-refractivity contribution is -0.157. The van der Waals surface area contributed by atoms with Crippen molar-refractivity contribution in [2.75, 3.05) is 26.4 Å². The quantitative estimate of drug-likeness (QED) is 0.0873. The van der Waals surface area contributed by atoms with E-state index in [0.717, 1.165) is 13.1 Å². The third-order valence-corrected chi connectivity index (χ3v) is 9.04. The van der Waals surface area contributed by atoms with Gasteiger partial charge in [-0.3, -0.25) is 14.4 Å². The van der Waals surface area contributed by atoms with Gasteiger partial charge in [0.05, 0.1) is 42.5 Å². The molecular formula is C26H44F3NO7Si. The third-order valence-electron chi connectivity index (χ3n) is 6.75. The van der Waals surface area contributed by atoms with Gasteiger partial charge in [0.15, 0.2) is 0 Å². The van der Waals surface area contributed by atoms with E-state index in [-0.39, 0.29) is 38.8 Å². The lowest BCUT2D eigenvalue weighted by Crippen LogP contribution is -2.48. The van der Waals surface area contributed by atoms with Crippen molar-refractivity contribution in [3.63, 3.8) is 0 Å². The molecule has 12 heteroatoms. The molecule has 8 nitrogen and oxygen atoms in total. The highest BCUT2D eigenvalue weighted by Gasteiger charge is 2.51. The maximum absolute atomic E-state index is 12.9. The van der Waals surface area contributed by atoms with E-state index < -0.39 is 42.8 Å². The van der Waals surface area contributed by atoms with Gasteiger partial charge in [-0.15, -0.1) is 0 Å². The summed E-state index contributed by atoms with van der Waals surface area (Å²) >= 11 is 0. The minimum absolute atomic E-state index is 0.0252. The van der Waals surface area contributed by atoms with Crippen molar-refractivity contribution in [3.05, 3.63) is 0 Å². The van der Waals surface area contributed by atoms with E-state index in [1.165, 1.54) is 0 Å². The molecule has 0 radical (unpaired) electrons. The largest absolute Gasteiger partial charge is 0.466 e. The van der Waals surface area contributed by atoms with E-state index in [0.29, 0.717) is 38.5 Å². The average molecular weight is 568 g/mol. The molecule has 0 aliphatic rings. The van der Waals surface area contributed by atoms with E-state index in [2.05, 4.69) is 0 Å². The monoisotopic (exact) mass is 567 g/mol. The zero-order valence-corrected chi connectivity index (χ0v) is 24.8. The van der Waals surface area contributed by atoms with Crippen molar-refractivity contribution < 1.29 is 46.2 Å². The van der Waals surface area contributed by atoms with Crippen molar-refractivity contribution in [3.8, 4) is 6.07 Å². The normalized spacial score (nSPS) is 14.7. The van der Waals surface area contributed by atoms with Crippen LogP contribution in [0.25, 0.3) is 0 Å². The van der Waals surface area contributed by atoms with Crippen LogP contribution < -0.4 is 0 Å². The zero-order chi connectivity index (χ0) is 29.6. The number of hydrogen-bond donors (Lipinski definition) is 0.